The van der Waals surface area contributed by atoms with Gasteiger partial charge in [0.15, 0.2) is 23.0 Å². The van der Waals surface area contributed by atoms with Gasteiger partial charge in [-0.3, -0.25) is 14.7 Å². The van der Waals surface area contributed by atoms with Gasteiger partial charge in [0.05, 0.1) is 14.2 Å². The minimum absolute atomic E-state index is 0.114. The largest absolute Gasteiger partial charge is 0.493 e. The van der Waals surface area contributed by atoms with Gasteiger partial charge in [0.25, 0.3) is 0 Å². The van der Waals surface area contributed by atoms with Crippen LogP contribution in [0.4, 0.5) is 0 Å². The number of fused-ring (bicyclic) bond motifs is 2. The first kappa shape index (κ1) is 53.6. The van der Waals surface area contributed by atoms with Crippen molar-refractivity contribution in [1.82, 2.24) is 20.0 Å². The summed E-state index contributed by atoms with van der Waals surface area (Å²) in [7, 11) is 3.64. The number of piperidine rings is 2. The van der Waals surface area contributed by atoms with Gasteiger partial charge in [0, 0.05) is 72.3 Å². The summed E-state index contributed by atoms with van der Waals surface area (Å²) in [5.74, 6) is 10.5. The fourth-order valence-corrected chi connectivity index (χ4v) is 21.8. The van der Waals surface area contributed by atoms with E-state index in [0.717, 1.165) is 77.1 Å². The van der Waals surface area contributed by atoms with Crippen LogP contribution in [0.5, 0.6) is 34.5 Å². The first-order valence-electron chi connectivity index (χ1n) is 33.1. The van der Waals surface area contributed by atoms with Crippen LogP contribution in [-0.2, 0) is 41.0 Å². The highest BCUT2D eigenvalue weighted by molar-refractivity contribution is 5.63. The smallest absolute Gasteiger partial charge is 0.173 e. The van der Waals surface area contributed by atoms with E-state index in [0.29, 0.717) is 40.9 Å². The molecular weight excluding hydrogens is 1020 g/mol. The van der Waals surface area contributed by atoms with Gasteiger partial charge in [-0.2, -0.15) is 0 Å². The number of nitrogens with one attached hydrogen (secondary N) is 1. The predicted octanol–water partition coefficient (Wildman–Crippen LogP) is 14.8. The Morgan fingerprint density at radius 1 is 0.530 bits per heavy atom. The van der Waals surface area contributed by atoms with Crippen LogP contribution < -0.4 is 24.3 Å². The number of ether oxygens (including phenoxy) is 4. The van der Waals surface area contributed by atoms with Gasteiger partial charge >= 0.3 is 0 Å². The maximum atomic E-state index is 7.09. The summed E-state index contributed by atoms with van der Waals surface area (Å²) in [5.41, 5.74) is 11.5. The molecule has 8 aliphatic carbocycles. The predicted molar refractivity (Wildman–Crippen MR) is 332 cm³/mol. The van der Waals surface area contributed by atoms with E-state index in [1.54, 1.807) is 0 Å². The Morgan fingerprint density at radius 2 is 1.04 bits per heavy atom. The molecule has 0 radical (unpaired) electrons. The molecule has 8 heteroatoms. The summed E-state index contributed by atoms with van der Waals surface area (Å²) in [6.07, 6.45) is 18.8. The number of nitrogens with zero attached hydrogens (tertiary/aromatic N) is 3. The Bertz CT molecular complexity index is 3290. The highest BCUT2D eigenvalue weighted by atomic mass is 16.5. The molecule has 17 rings (SSSR count). The van der Waals surface area contributed by atoms with Gasteiger partial charge in [-0.1, -0.05) is 108 Å². The number of likely N-dealkylation sites (tertiary alicyclic amines) is 3. The molecule has 4 saturated heterocycles. The molecule has 10 fully saturated rings. The summed E-state index contributed by atoms with van der Waals surface area (Å²) in [5, 5.41) is 3.99. The summed E-state index contributed by atoms with van der Waals surface area (Å²) < 4.78 is 26.3. The first-order valence-corrected chi connectivity index (χ1v) is 33.1. The molecule has 438 valence electrons. The zero-order chi connectivity index (χ0) is 56.4. The van der Waals surface area contributed by atoms with E-state index in [1.807, 2.05) is 14.2 Å². The molecule has 0 amide bonds. The first-order chi connectivity index (χ1) is 40.1. The Kier molecular flexibility index (Phi) is 12.5. The zero-order valence-electron chi connectivity index (χ0n) is 51.4. The summed E-state index contributed by atoms with van der Waals surface area (Å²) >= 11 is 0. The molecule has 4 heterocycles. The molecule has 83 heavy (non-hydrogen) atoms. The third kappa shape index (κ3) is 8.08. The van der Waals surface area contributed by atoms with Crippen LogP contribution >= 0.6 is 0 Å². The molecule has 0 aromatic heterocycles. The quantitative estimate of drug-likeness (QED) is 0.133. The standard InChI is InChI=1S/C41H50N2O2.C34H44N2O2/c1-39(2,3)31-13-15-32(16-14-31)45-38-34(44-4)17-12-29-22-35-40-19-18-33-36(30(23-40)26-43(33)25-27-8-6-5-7-9-27)41(40,37(29)38)20-21-42(35)24-28-10-11-28;1-32(2,3)24-8-10-25(11-9-24)38-31-27(37-4)12-7-22-17-28-33-14-13-26-29(23(18-33)19-35-26)34(33,30(22)31)15-16-36(28)20-21-5-6-21/h5-9,12-17,28,30,33,35-36H,10-11,18-26H2,1-4H3;7-12,21,23,26,28-29,35H,5-6,13-20H2,1-4H3. The highest BCUT2D eigenvalue weighted by Gasteiger charge is 2.78. The second kappa shape index (κ2) is 19.3. The minimum Gasteiger partial charge on any atom is -0.493 e. The van der Waals surface area contributed by atoms with Gasteiger partial charge in [0.2, 0.25) is 0 Å². The lowest BCUT2D eigenvalue weighted by Gasteiger charge is -2.66. The van der Waals surface area contributed by atoms with Crippen LogP contribution in [0.2, 0.25) is 0 Å². The Hall–Kier alpha value is -4.86. The van der Waals surface area contributed by atoms with Gasteiger partial charge < -0.3 is 24.3 Å². The maximum absolute atomic E-state index is 7.09. The summed E-state index contributed by atoms with van der Waals surface area (Å²) in [6, 6.07) is 40.7. The zero-order valence-corrected chi connectivity index (χ0v) is 51.4. The third-order valence-electron chi connectivity index (χ3n) is 25.2. The Morgan fingerprint density at radius 3 is 1.54 bits per heavy atom. The van der Waals surface area contributed by atoms with Crippen LogP contribution in [0.1, 0.15) is 158 Å². The third-order valence-corrected chi connectivity index (χ3v) is 25.2. The van der Waals surface area contributed by atoms with Crippen LogP contribution in [0.3, 0.4) is 0 Å². The number of benzene rings is 5. The monoisotopic (exact) mass is 1110 g/mol. The van der Waals surface area contributed by atoms with E-state index in [-0.39, 0.29) is 21.7 Å². The second-order valence-electron chi connectivity index (χ2n) is 31.1. The van der Waals surface area contributed by atoms with Gasteiger partial charge in [-0.15, -0.1) is 0 Å². The van der Waals surface area contributed by atoms with Crippen molar-refractivity contribution in [2.24, 2.45) is 46.3 Å². The van der Waals surface area contributed by atoms with Crippen molar-refractivity contribution in [2.75, 3.05) is 53.5 Å². The topological polar surface area (TPSA) is 58.7 Å². The molecule has 6 saturated carbocycles. The number of hydrogen-bond donors (Lipinski definition) is 1. The van der Waals surface area contributed by atoms with E-state index < -0.39 is 0 Å². The highest BCUT2D eigenvalue weighted by Crippen LogP contribution is 2.78. The maximum Gasteiger partial charge on any atom is 0.173 e. The van der Waals surface area contributed by atoms with Crippen molar-refractivity contribution >= 4 is 0 Å². The van der Waals surface area contributed by atoms with E-state index in [1.165, 1.54) is 162 Å². The fourth-order valence-electron chi connectivity index (χ4n) is 21.8. The number of hydrogen-bond acceptors (Lipinski definition) is 8. The van der Waals surface area contributed by atoms with Gasteiger partial charge in [-0.25, -0.2) is 0 Å². The van der Waals surface area contributed by atoms with E-state index >= 15 is 0 Å². The SMILES string of the molecule is COc1ccc2c(c1Oc1ccc(C(C)(C)C)cc1)C13CCN(CC4CC4)C(C2)C12CCC1C3C(CN1Cc1ccccc1)C2.COc1ccc2c(c1Oc1ccc(C(C)(C)C)cc1)C13CCN(CC4CC4)C(C2)C12CCC1NCC(C2)C13. The number of rotatable bonds is 12. The van der Waals surface area contributed by atoms with Crippen molar-refractivity contribution in [1.29, 1.82) is 0 Å². The molecule has 5 aromatic carbocycles. The molecule has 5 aromatic rings. The van der Waals surface area contributed by atoms with Crippen LogP contribution in [-0.4, -0.2) is 92.4 Å². The van der Waals surface area contributed by atoms with E-state index in [4.69, 9.17) is 18.9 Å². The molecule has 12 unspecified atom stereocenters. The van der Waals surface area contributed by atoms with Crippen molar-refractivity contribution in [3.8, 4) is 34.5 Å². The Labute approximate surface area is 496 Å². The normalized spacial score (nSPS) is 35.1. The van der Waals surface area contributed by atoms with E-state index in [2.05, 4.69) is 165 Å². The van der Waals surface area contributed by atoms with Crippen molar-refractivity contribution in [3.05, 3.63) is 142 Å². The van der Waals surface area contributed by atoms with Crippen molar-refractivity contribution < 1.29 is 18.9 Å². The second-order valence-corrected chi connectivity index (χ2v) is 31.1. The van der Waals surface area contributed by atoms with Crippen molar-refractivity contribution in [3.63, 3.8) is 0 Å². The average molecular weight is 1120 g/mol. The van der Waals surface area contributed by atoms with Crippen LogP contribution in [0.25, 0.3) is 0 Å². The fraction of sp³-hybridized carbons (Fsp3) is 0.600. The lowest BCUT2D eigenvalue weighted by atomic mass is 9.43. The summed E-state index contributed by atoms with van der Waals surface area (Å²) in [4.78, 5) is 8.83. The van der Waals surface area contributed by atoms with Crippen LogP contribution in [0.15, 0.2) is 103 Å². The molecule has 8 nitrogen and oxygen atoms in total. The molecule has 4 aliphatic heterocycles. The van der Waals surface area contributed by atoms with E-state index in [9.17, 15) is 0 Å². The Balaban J connectivity index is 0.000000138. The number of methoxy groups -OCH3 is 2. The van der Waals surface area contributed by atoms with Crippen LogP contribution in [0, 0.1) is 46.3 Å². The summed E-state index contributed by atoms with van der Waals surface area (Å²) in [6.45, 7) is 22.3. The molecule has 12 aliphatic rings. The molecule has 0 spiro atoms. The molecular formula is C75H94N4O4. The van der Waals surface area contributed by atoms with Crippen molar-refractivity contribution in [2.45, 2.75) is 184 Å². The lowest BCUT2D eigenvalue weighted by Crippen LogP contribution is -2.69. The average Bonchev–Trinajstić information content (AvgIpc) is 1.62. The molecule has 8 bridgehead atoms. The molecule has 12 atom stereocenters. The molecule has 1 N–H and O–H groups in total. The van der Waals surface area contributed by atoms with Gasteiger partial charge in [-0.05, 0) is 231 Å². The van der Waals surface area contributed by atoms with Gasteiger partial charge in [0.1, 0.15) is 11.5 Å². The minimum atomic E-state index is 0.114. The lowest BCUT2D eigenvalue weighted by molar-refractivity contribution is -0.106.